The van der Waals surface area contributed by atoms with Crippen LogP contribution in [-0.2, 0) is 30.5 Å². The molecule has 0 saturated heterocycles. The largest absolute Gasteiger partial charge is 0.506 e. The van der Waals surface area contributed by atoms with Gasteiger partial charge in [-0.3, -0.25) is 24.1 Å². The number of unbranched alkanes of at least 4 members (excludes halogenated alkanes) is 2. The number of imide groups is 1. The normalized spacial score (nSPS) is 13.2. The third-order valence-corrected chi connectivity index (χ3v) is 3.84. The van der Waals surface area contributed by atoms with Crippen molar-refractivity contribution in [1.82, 2.24) is 4.90 Å². The second-order valence-corrected chi connectivity index (χ2v) is 5.78. The molecule has 1 aromatic rings. The molecule has 2 N–H and O–H groups in total. The highest BCUT2D eigenvalue weighted by Gasteiger charge is 2.22. The van der Waals surface area contributed by atoms with Gasteiger partial charge in [0.25, 0.3) is 18.3 Å². The molecule has 0 aromatic heterocycles. The lowest BCUT2D eigenvalue weighted by Crippen LogP contribution is -2.30. The summed E-state index contributed by atoms with van der Waals surface area (Å²) in [6, 6.07) is 4.54. The molecule has 1 aliphatic heterocycles. The number of rotatable bonds is 10. The summed E-state index contributed by atoms with van der Waals surface area (Å²) in [5, 5.41) is 12.4. The summed E-state index contributed by atoms with van der Waals surface area (Å²) in [5.74, 6) is -0.946. The van der Waals surface area contributed by atoms with Crippen molar-refractivity contribution >= 4 is 29.9 Å². The number of carbonyl (C=O) groups is 4. The zero-order valence-corrected chi connectivity index (χ0v) is 14.1. The van der Waals surface area contributed by atoms with Crippen molar-refractivity contribution in [3.8, 4) is 5.75 Å². The van der Waals surface area contributed by atoms with Crippen LogP contribution in [0, 0.1) is 0 Å². The number of phenolic OH excluding ortho intramolecular Hbond substituents is 1. The van der Waals surface area contributed by atoms with Crippen LogP contribution in [0.15, 0.2) is 30.4 Å². The van der Waals surface area contributed by atoms with Gasteiger partial charge in [0.1, 0.15) is 12.4 Å². The first-order valence-corrected chi connectivity index (χ1v) is 8.22. The lowest BCUT2D eigenvalue weighted by Gasteiger charge is -2.13. The number of carbonyl (C=O) groups excluding carboxylic acids is 4. The van der Waals surface area contributed by atoms with E-state index in [0.29, 0.717) is 37.8 Å². The number of anilines is 1. The van der Waals surface area contributed by atoms with Gasteiger partial charge < -0.3 is 15.2 Å². The zero-order chi connectivity index (χ0) is 18.9. The van der Waals surface area contributed by atoms with Gasteiger partial charge in [-0.25, -0.2) is 0 Å². The van der Waals surface area contributed by atoms with E-state index < -0.39 is 0 Å². The average molecular weight is 360 g/mol. The number of phenols is 1. The Balaban J connectivity index is 1.71. The van der Waals surface area contributed by atoms with Crippen LogP contribution >= 0.6 is 0 Å². The fraction of sp³-hybridized carbons (Fsp3) is 0.333. The summed E-state index contributed by atoms with van der Waals surface area (Å²) < 4.78 is 4.64. The first-order chi connectivity index (χ1) is 12.5. The van der Waals surface area contributed by atoms with Gasteiger partial charge in [0.15, 0.2) is 0 Å². The quantitative estimate of drug-likeness (QED) is 0.283. The van der Waals surface area contributed by atoms with E-state index in [4.69, 9.17) is 0 Å². The topological polar surface area (TPSA) is 113 Å². The number of benzene rings is 1. The Kier molecular flexibility index (Phi) is 6.90. The first-order valence-electron chi connectivity index (χ1n) is 8.22. The zero-order valence-electron chi connectivity index (χ0n) is 14.1. The second kappa shape index (κ2) is 9.36. The van der Waals surface area contributed by atoms with E-state index in [9.17, 15) is 24.3 Å². The minimum Gasteiger partial charge on any atom is -0.506 e. The van der Waals surface area contributed by atoms with Gasteiger partial charge in [-0.15, -0.1) is 0 Å². The molecule has 0 fully saturated rings. The number of aromatic hydroxyl groups is 1. The van der Waals surface area contributed by atoms with Crippen LogP contribution in [0.1, 0.15) is 31.2 Å². The van der Waals surface area contributed by atoms with Crippen LogP contribution in [0.5, 0.6) is 5.75 Å². The Morgan fingerprint density at radius 3 is 2.58 bits per heavy atom. The Bertz CT molecular complexity index is 710. The summed E-state index contributed by atoms with van der Waals surface area (Å²) in [6.07, 6.45) is 4.63. The summed E-state index contributed by atoms with van der Waals surface area (Å²) in [4.78, 5) is 46.1. The molecule has 3 amide bonds. The smallest absolute Gasteiger partial charge is 0.293 e. The highest BCUT2D eigenvalue weighted by atomic mass is 16.5. The molecule has 0 aliphatic carbocycles. The molecule has 1 heterocycles. The third kappa shape index (κ3) is 5.44. The summed E-state index contributed by atoms with van der Waals surface area (Å²) in [6.45, 7) is 0.714. The van der Waals surface area contributed by atoms with Gasteiger partial charge >= 0.3 is 0 Å². The molecule has 138 valence electrons. The predicted molar refractivity (Wildman–Crippen MR) is 91.9 cm³/mol. The first kappa shape index (κ1) is 19.2. The van der Waals surface area contributed by atoms with Crippen molar-refractivity contribution in [2.24, 2.45) is 0 Å². The molecular weight excluding hydrogens is 340 g/mol. The number of nitrogens with one attached hydrogen (secondary N) is 1. The number of ether oxygens (including phenoxy) is 1. The molecule has 0 saturated carbocycles. The highest BCUT2D eigenvalue weighted by Crippen LogP contribution is 2.25. The molecule has 1 aromatic carbocycles. The van der Waals surface area contributed by atoms with Crippen LogP contribution in [0.2, 0.25) is 0 Å². The van der Waals surface area contributed by atoms with Crippen molar-refractivity contribution in [2.75, 3.05) is 11.9 Å². The lowest BCUT2D eigenvalue weighted by molar-refractivity contribution is -0.137. The molecule has 8 heteroatoms. The molecule has 1 aliphatic rings. The molecule has 0 atom stereocenters. The highest BCUT2D eigenvalue weighted by molar-refractivity contribution is 6.12. The van der Waals surface area contributed by atoms with E-state index in [0.717, 1.165) is 0 Å². The van der Waals surface area contributed by atoms with Crippen LogP contribution < -0.4 is 5.32 Å². The second-order valence-electron chi connectivity index (χ2n) is 5.78. The molecule has 8 nitrogen and oxygen atoms in total. The molecule has 0 spiro atoms. The standard InChI is InChI=1S/C18H20N2O6/c21-12-26-11-13-5-6-15(22)14(10-13)19-16(23)4-2-1-3-9-20-17(24)7-8-18(20)25/h5-8,10,12,22H,1-4,9,11H2,(H,19,23). The maximum absolute atomic E-state index is 12.0. The Morgan fingerprint density at radius 2 is 1.88 bits per heavy atom. The minimum absolute atomic E-state index is 0.0510. The number of hydrogen-bond acceptors (Lipinski definition) is 6. The SMILES string of the molecule is O=COCc1ccc(O)c(NC(=O)CCCCCN2C(=O)C=CC2=O)c1. The molecule has 0 unspecified atom stereocenters. The summed E-state index contributed by atoms with van der Waals surface area (Å²) in [7, 11) is 0. The predicted octanol–water partition coefficient (Wildman–Crippen LogP) is 1.49. The molecule has 0 bridgehead atoms. The molecule has 26 heavy (non-hydrogen) atoms. The van der Waals surface area contributed by atoms with Crippen molar-refractivity contribution in [1.29, 1.82) is 0 Å². The lowest BCUT2D eigenvalue weighted by atomic mass is 10.1. The maximum Gasteiger partial charge on any atom is 0.293 e. The maximum atomic E-state index is 12.0. The van der Waals surface area contributed by atoms with Crippen molar-refractivity contribution in [3.63, 3.8) is 0 Å². The van der Waals surface area contributed by atoms with E-state index in [1.807, 2.05) is 0 Å². The number of nitrogens with zero attached hydrogens (tertiary/aromatic N) is 1. The van der Waals surface area contributed by atoms with Gasteiger partial charge in [0.2, 0.25) is 5.91 Å². The van der Waals surface area contributed by atoms with Crippen molar-refractivity contribution < 1.29 is 29.0 Å². The van der Waals surface area contributed by atoms with Gasteiger partial charge in [0, 0.05) is 25.1 Å². The minimum atomic E-state index is -0.304. The molecular formula is C18H20N2O6. The van der Waals surface area contributed by atoms with Crippen molar-refractivity contribution in [2.45, 2.75) is 32.3 Å². The third-order valence-electron chi connectivity index (χ3n) is 3.84. The number of amides is 3. The van der Waals surface area contributed by atoms with Crippen LogP contribution in [0.4, 0.5) is 5.69 Å². The van der Waals surface area contributed by atoms with E-state index in [-0.39, 0.29) is 42.2 Å². The Hall–Kier alpha value is -3.16. The van der Waals surface area contributed by atoms with Gasteiger partial charge in [-0.2, -0.15) is 0 Å². The fourth-order valence-electron chi connectivity index (χ4n) is 2.50. The van der Waals surface area contributed by atoms with E-state index in [2.05, 4.69) is 10.1 Å². The average Bonchev–Trinajstić information content (AvgIpc) is 2.94. The van der Waals surface area contributed by atoms with Crippen LogP contribution in [-0.4, -0.2) is 40.7 Å². The van der Waals surface area contributed by atoms with E-state index in [1.165, 1.54) is 29.2 Å². The fourth-order valence-corrected chi connectivity index (χ4v) is 2.50. The van der Waals surface area contributed by atoms with E-state index >= 15 is 0 Å². The molecule has 2 rings (SSSR count). The Morgan fingerprint density at radius 1 is 1.15 bits per heavy atom. The summed E-state index contributed by atoms with van der Waals surface area (Å²) >= 11 is 0. The van der Waals surface area contributed by atoms with Crippen molar-refractivity contribution in [3.05, 3.63) is 35.9 Å². The summed E-state index contributed by atoms with van der Waals surface area (Å²) in [5.41, 5.74) is 0.889. The van der Waals surface area contributed by atoms with Gasteiger partial charge in [-0.1, -0.05) is 12.5 Å². The van der Waals surface area contributed by atoms with Gasteiger partial charge in [0.05, 0.1) is 5.69 Å². The number of hydrogen-bond donors (Lipinski definition) is 2. The van der Waals surface area contributed by atoms with Crippen LogP contribution in [0.3, 0.4) is 0 Å². The monoisotopic (exact) mass is 360 g/mol. The van der Waals surface area contributed by atoms with Crippen LogP contribution in [0.25, 0.3) is 0 Å². The Labute approximate surface area is 150 Å². The van der Waals surface area contributed by atoms with Gasteiger partial charge in [-0.05, 0) is 30.5 Å². The molecule has 0 radical (unpaired) electrons. The van der Waals surface area contributed by atoms with E-state index in [1.54, 1.807) is 6.07 Å².